The minimum atomic E-state index is -1.71. The van der Waals surface area contributed by atoms with E-state index in [2.05, 4.69) is 15.9 Å². The van der Waals surface area contributed by atoms with E-state index in [9.17, 15) is 14.7 Å². The highest BCUT2D eigenvalue weighted by molar-refractivity contribution is 9.10. The lowest BCUT2D eigenvalue weighted by Crippen LogP contribution is -2.54. The molecular formula is C16H20BrNO4. The Hall–Kier alpha value is -1.40. The average Bonchev–Trinajstić information content (AvgIpc) is 2.47. The zero-order valence-electron chi connectivity index (χ0n) is 12.7. The molecule has 6 heteroatoms. The molecule has 1 amide bonds. The summed E-state index contributed by atoms with van der Waals surface area (Å²) >= 11 is 3.41. The fourth-order valence-electron chi connectivity index (χ4n) is 2.69. The second kappa shape index (κ2) is 6.01. The monoisotopic (exact) mass is 369 g/mol. The number of hydrogen-bond acceptors (Lipinski definition) is 3. The van der Waals surface area contributed by atoms with Gasteiger partial charge in [-0.15, -0.1) is 0 Å². The second-order valence-electron chi connectivity index (χ2n) is 6.26. The second-order valence-corrected chi connectivity index (χ2v) is 7.18. The molecule has 0 aromatic heterocycles. The number of carbonyl (C=O) groups is 2. The van der Waals surface area contributed by atoms with Gasteiger partial charge in [0.05, 0.1) is 5.41 Å². The number of amides is 1. The Bertz CT molecular complexity index is 592. The molecule has 2 N–H and O–H groups in total. The molecule has 0 radical (unpaired) electrons. The summed E-state index contributed by atoms with van der Waals surface area (Å²) in [7, 11) is 0. The van der Waals surface area contributed by atoms with E-state index in [4.69, 9.17) is 5.11 Å². The fourth-order valence-corrected chi connectivity index (χ4v) is 3.09. The van der Waals surface area contributed by atoms with E-state index in [0.717, 1.165) is 10.0 Å². The van der Waals surface area contributed by atoms with Gasteiger partial charge in [-0.05, 0) is 31.5 Å². The van der Waals surface area contributed by atoms with Crippen molar-refractivity contribution in [1.29, 1.82) is 0 Å². The van der Waals surface area contributed by atoms with Crippen molar-refractivity contribution in [2.24, 2.45) is 0 Å². The zero-order valence-corrected chi connectivity index (χ0v) is 14.3. The number of aliphatic hydroxyl groups is 1. The Morgan fingerprint density at radius 1 is 1.27 bits per heavy atom. The van der Waals surface area contributed by atoms with Crippen LogP contribution in [0.2, 0.25) is 0 Å². The molecule has 0 spiro atoms. The maximum absolute atomic E-state index is 12.8. The largest absolute Gasteiger partial charge is 0.479 e. The van der Waals surface area contributed by atoms with Crippen molar-refractivity contribution in [3.8, 4) is 0 Å². The van der Waals surface area contributed by atoms with Crippen LogP contribution in [0, 0.1) is 0 Å². The van der Waals surface area contributed by atoms with Crippen LogP contribution >= 0.6 is 15.9 Å². The number of nitrogens with zero attached hydrogens (tertiary/aromatic N) is 1. The average molecular weight is 370 g/mol. The molecule has 0 atom stereocenters. The third kappa shape index (κ3) is 3.17. The number of carbonyl (C=O) groups excluding carboxylic acids is 1. The Kier molecular flexibility index (Phi) is 4.63. The minimum absolute atomic E-state index is 0.0574. The van der Waals surface area contributed by atoms with Crippen molar-refractivity contribution >= 4 is 27.8 Å². The van der Waals surface area contributed by atoms with E-state index in [-0.39, 0.29) is 31.8 Å². The molecule has 1 aromatic rings. The summed E-state index contributed by atoms with van der Waals surface area (Å²) in [6.45, 7) is 4.21. The van der Waals surface area contributed by atoms with Crippen LogP contribution in [-0.4, -0.2) is 45.7 Å². The Balaban J connectivity index is 2.14. The maximum Gasteiger partial charge on any atom is 0.335 e. The number of carboxylic acid groups (broad SMARTS) is 1. The van der Waals surface area contributed by atoms with Crippen LogP contribution in [0.4, 0.5) is 0 Å². The third-order valence-electron chi connectivity index (χ3n) is 4.36. The quantitative estimate of drug-likeness (QED) is 0.855. The number of aliphatic carboxylic acids is 1. The highest BCUT2D eigenvalue weighted by Gasteiger charge is 2.43. The molecule has 1 fully saturated rings. The normalized spacial score (nSPS) is 18.1. The summed E-state index contributed by atoms with van der Waals surface area (Å²) in [5.41, 5.74) is -1.52. The number of carboxylic acids is 1. The lowest BCUT2D eigenvalue weighted by Gasteiger charge is -2.39. The Morgan fingerprint density at radius 2 is 1.86 bits per heavy atom. The van der Waals surface area contributed by atoms with Crippen LogP contribution in [0.3, 0.4) is 0 Å². The first-order chi connectivity index (χ1) is 10.2. The predicted octanol–water partition coefficient (Wildman–Crippen LogP) is 2.16. The van der Waals surface area contributed by atoms with Gasteiger partial charge in [-0.3, -0.25) is 4.79 Å². The van der Waals surface area contributed by atoms with Crippen molar-refractivity contribution in [2.75, 3.05) is 13.1 Å². The topological polar surface area (TPSA) is 77.8 Å². The molecule has 0 saturated carbocycles. The van der Waals surface area contributed by atoms with Crippen LogP contribution in [0.1, 0.15) is 32.3 Å². The van der Waals surface area contributed by atoms with Gasteiger partial charge in [-0.2, -0.15) is 0 Å². The Labute approximate surface area is 138 Å². The van der Waals surface area contributed by atoms with Crippen LogP contribution < -0.4 is 0 Å². The third-order valence-corrected chi connectivity index (χ3v) is 4.85. The summed E-state index contributed by atoms with van der Waals surface area (Å²) in [5.74, 6) is -1.27. The number of rotatable bonds is 3. The number of hydrogen-bond donors (Lipinski definition) is 2. The van der Waals surface area contributed by atoms with E-state index in [1.165, 1.54) is 0 Å². The molecule has 0 unspecified atom stereocenters. The summed E-state index contributed by atoms with van der Waals surface area (Å²) < 4.78 is 0.907. The van der Waals surface area contributed by atoms with Gasteiger partial charge < -0.3 is 15.1 Å². The molecule has 0 aliphatic carbocycles. The van der Waals surface area contributed by atoms with E-state index < -0.39 is 17.0 Å². The SMILES string of the molecule is CC(C)(C(=O)N1CCC(O)(C(=O)O)CC1)c1cccc(Br)c1. The van der Waals surface area contributed by atoms with Gasteiger partial charge in [-0.25, -0.2) is 4.79 Å². The molecular weight excluding hydrogens is 350 g/mol. The first-order valence-electron chi connectivity index (χ1n) is 7.18. The summed E-state index contributed by atoms with van der Waals surface area (Å²) in [5, 5.41) is 19.0. The van der Waals surface area contributed by atoms with Gasteiger partial charge in [0, 0.05) is 30.4 Å². The van der Waals surface area contributed by atoms with Crippen molar-refractivity contribution in [2.45, 2.75) is 37.7 Å². The summed E-state index contributed by atoms with van der Waals surface area (Å²) in [4.78, 5) is 25.5. The molecule has 2 rings (SSSR count). The van der Waals surface area contributed by atoms with Gasteiger partial charge in [0.2, 0.25) is 5.91 Å². The van der Waals surface area contributed by atoms with E-state index in [1.807, 2.05) is 38.1 Å². The van der Waals surface area contributed by atoms with E-state index >= 15 is 0 Å². The molecule has 1 aromatic carbocycles. The van der Waals surface area contributed by atoms with Gasteiger partial charge in [0.25, 0.3) is 0 Å². The first kappa shape index (κ1) is 17.0. The van der Waals surface area contributed by atoms with Crippen LogP contribution in [-0.2, 0) is 15.0 Å². The van der Waals surface area contributed by atoms with Gasteiger partial charge in [0.1, 0.15) is 0 Å². The van der Waals surface area contributed by atoms with Crippen LogP contribution in [0.25, 0.3) is 0 Å². The molecule has 1 heterocycles. The molecule has 1 aliphatic heterocycles. The molecule has 0 bridgehead atoms. The lowest BCUT2D eigenvalue weighted by molar-refractivity contribution is -0.166. The van der Waals surface area contributed by atoms with Crippen LogP contribution in [0.15, 0.2) is 28.7 Å². The van der Waals surface area contributed by atoms with Crippen molar-refractivity contribution in [1.82, 2.24) is 4.90 Å². The lowest BCUT2D eigenvalue weighted by atomic mass is 9.82. The molecule has 1 saturated heterocycles. The zero-order chi connectivity index (χ0) is 16.5. The minimum Gasteiger partial charge on any atom is -0.479 e. The van der Waals surface area contributed by atoms with Crippen molar-refractivity contribution in [3.05, 3.63) is 34.3 Å². The maximum atomic E-state index is 12.8. The number of benzene rings is 1. The molecule has 1 aliphatic rings. The van der Waals surface area contributed by atoms with E-state index in [0.29, 0.717) is 0 Å². The molecule has 5 nitrogen and oxygen atoms in total. The number of halogens is 1. The standard InChI is InChI=1S/C16H20BrNO4/c1-15(2,11-4-3-5-12(17)10-11)13(19)18-8-6-16(22,7-9-18)14(20)21/h3-5,10,22H,6-9H2,1-2H3,(H,20,21). The fraction of sp³-hybridized carbons (Fsp3) is 0.500. The van der Waals surface area contributed by atoms with Gasteiger partial charge >= 0.3 is 5.97 Å². The first-order valence-corrected chi connectivity index (χ1v) is 7.97. The van der Waals surface area contributed by atoms with Crippen molar-refractivity contribution < 1.29 is 19.8 Å². The number of piperidine rings is 1. The smallest absolute Gasteiger partial charge is 0.335 e. The van der Waals surface area contributed by atoms with Crippen LogP contribution in [0.5, 0.6) is 0 Å². The van der Waals surface area contributed by atoms with Gasteiger partial charge in [-0.1, -0.05) is 28.1 Å². The summed E-state index contributed by atoms with van der Waals surface area (Å²) in [6, 6.07) is 7.60. The molecule has 22 heavy (non-hydrogen) atoms. The predicted molar refractivity (Wildman–Crippen MR) is 85.6 cm³/mol. The van der Waals surface area contributed by atoms with E-state index in [1.54, 1.807) is 4.90 Å². The Morgan fingerprint density at radius 3 is 2.36 bits per heavy atom. The van der Waals surface area contributed by atoms with Gasteiger partial charge in [0.15, 0.2) is 5.60 Å². The number of likely N-dealkylation sites (tertiary alicyclic amines) is 1. The highest BCUT2D eigenvalue weighted by Crippen LogP contribution is 2.31. The summed E-state index contributed by atoms with van der Waals surface area (Å²) in [6.07, 6.45) is 0.116. The molecule has 120 valence electrons. The highest BCUT2D eigenvalue weighted by atomic mass is 79.9. The van der Waals surface area contributed by atoms with Crippen molar-refractivity contribution in [3.63, 3.8) is 0 Å².